The normalized spacial score (nSPS) is 10.3. The number of carbonyl (C=O) groups excluding carboxylic acids is 1. The second-order valence-electron chi connectivity index (χ2n) is 5.65. The van der Waals surface area contributed by atoms with Crippen LogP contribution in [0.15, 0.2) is 66.7 Å². The standard InChI is InChI=1S/C21H18O4/c1-14-3-7-17(8-4-14)25-18-11-12-19(20(22)13-18)21(23)15-5-9-16(24-2)10-6-15/h3-13,22H,1-2H3. The topological polar surface area (TPSA) is 55.8 Å². The van der Waals surface area contributed by atoms with E-state index in [9.17, 15) is 9.90 Å². The van der Waals surface area contributed by atoms with Crippen LogP contribution in [0, 0.1) is 6.92 Å². The van der Waals surface area contributed by atoms with Crippen LogP contribution in [-0.4, -0.2) is 18.0 Å². The van der Waals surface area contributed by atoms with Crippen molar-refractivity contribution in [1.29, 1.82) is 0 Å². The Labute approximate surface area is 146 Å². The van der Waals surface area contributed by atoms with Gasteiger partial charge in [-0.15, -0.1) is 0 Å². The van der Waals surface area contributed by atoms with Crippen molar-refractivity contribution >= 4 is 5.78 Å². The molecule has 25 heavy (non-hydrogen) atoms. The molecule has 0 radical (unpaired) electrons. The number of methoxy groups -OCH3 is 1. The summed E-state index contributed by atoms with van der Waals surface area (Å²) in [6, 6.07) is 19.0. The molecule has 0 fully saturated rings. The van der Waals surface area contributed by atoms with E-state index in [1.807, 2.05) is 31.2 Å². The Kier molecular flexibility index (Phi) is 4.70. The minimum atomic E-state index is -0.262. The highest BCUT2D eigenvalue weighted by atomic mass is 16.5. The Balaban J connectivity index is 1.81. The molecule has 0 amide bonds. The Morgan fingerprint density at radius 1 is 0.840 bits per heavy atom. The summed E-state index contributed by atoms with van der Waals surface area (Å²) in [6.45, 7) is 2.00. The van der Waals surface area contributed by atoms with Crippen LogP contribution in [0.2, 0.25) is 0 Å². The molecular formula is C21H18O4. The van der Waals surface area contributed by atoms with Gasteiger partial charge in [-0.3, -0.25) is 4.79 Å². The van der Waals surface area contributed by atoms with Crippen LogP contribution in [0.5, 0.6) is 23.0 Å². The molecule has 0 spiro atoms. The molecule has 0 unspecified atom stereocenters. The Morgan fingerprint density at radius 3 is 2.04 bits per heavy atom. The first kappa shape index (κ1) is 16.6. The Bertz CT molecular complexity index is 881. The third-order valence-corrected chi connectivity index (χ3v) is 3.82. The monoisotopic (exact) mass is 334 g/mol. The largest absolute Gasteiger partial charge is 0.507 e. The molecule has 0 saturated heterocycles. The van der Waals surface area contributed by atoms with E-state index in [1.54, 1.807) is 43.5 Å². The van der Waals surface area contributed by atoms with Crippen molar-refractivity contribution in [2.24, 2.45) is 0 Å². The summed E-state index contributed by atoms with van der Waals surface area (Å²) in [5.41, 5.74) is 1.83. The number of ether oxygens (including phenoxy) is 2. The smallest absolute Gasteiger partial charge is 0.196 e. The molecule has 0 heterocycles. The minimum absolute atomic E-state index is 0.120. The number of rotatable bonds is 5. The van der Waals surface area contributed by atoms with Gasteiger partial charge in [-0.2, -0.15) is 0 Å². The number of hydrogen-bond acceptors (Lipinski definition) is 4. The van der Waals surface area contributed by atoms with Gasteiger partial charge < -0.3 is 14.6 Å². The van der Waals surface area contributed by atoms with Gasteiger partial charge in [0.1, 0.15) is 23.0 Å². The lowest BCUT2D eigenvalue weighted by molar-refractivity contribution is 0.103. The number of phenols is 1. The predicted octanol–water partition coefficient (Wildman–Crippen LogP) is 4.73. The molecule has 0 aliphatic rings. The van der Waals surface area contributed by atoms with Crippen molar-refractivity contribution in [3.05, 3.63) is 83.4 Å². The predicted molar refractivity (Wildman–Crippen MR) is 95.8 cm³/mol. The van der Waals surface area contributed by atoms with Crippen LogP contribution in [0.4, 0.5) is 0 Å². The average molecular weight is 334 g/mol. The van der Waals surface area contributed by atoms with Crippen molar-refractivity contribution < 1.29 is 19.4 Å². The van der Waals surface area contributed by atoms with Gasteiger partial charge in [-0.05, 0) is 55.5 Å². The van der Waals surface area contributed by atoms with Crippen LogP contribution < -0.4 is 9.47 Å². The van der Waals surface area contributed by atoms with E-state index in [-0.39, 0.29) is 17.1 Å². The maximum Gasteiger partial charge on any atom is 0.196 e. The minimum Gasteiger partial charge on any atom is -0.507 e. The third kappa shape index (κ3) is 3.80. The number of phenolic OH excluding ortho intramolecular Hbond substituents is 1. The Hall–Kier alpha value is -3.27. The molecule has 0 aliphatic heterocycles. The zero-order chi connectivity index (χ0) is 17.8. The van der Waals surface area contributed by atoms with Gasteiger partial charge in [0.15, 0.2) is 5.78 Å². The number of ketones is 1. The van der Waals surface area contributed by atoms with Crippen LogP contribution in [-0.2, 0) is 0 Å². The molecule has 0 bridgehead atoms. The SMILES string of the molecule is COc1ccc(C(=O)c2ccc(Oc3ccc(C)cc3)cc2O)cc1. The number of aryl methyl sites for hydroxylation is 1. The fraction of sp³-hybridized carbons (Fsp3) is 0.0952. The molecule has 0 aliphatic carbocycles. The quantitative estimate of drug-likeness (QED) is 0.685. The summed E-state index contributed by atoms with van der Waals surface area (Å²) in [5.74, 6) is 1.42. The van der Waals surface area contributed by atoms with E-state index in [1.165, 1.54) is 6.07 Å². The maximum atomic E-state index is 12.5. The van der Waals surface area contributed by atoms with Crippen molar-refractivity contribution in [2.75, 3.05) is 7.11 Å². The van der Waals surface area contributed by atoms with Gasteiger partial charge in [-0.1, -0.05) is 17.7 Å². The van der Waals surface area contributed by atoms with Gasteiger partial charge in [0.25, 0.3) is 0 Å². The highest BCUT2D eigenvalue weighted by Crippen LogP contribution is 2.29. The first-order valence-electron chi connectivity index (χ1n) is 7.83. The first-order chi connectivity index (χ1) is 12.1. The van der Waals surface area contributed by atoms with E-state index >= 15 is 0 Å². The lowest BCUT2D eigenvalue weighted by Gasteiger charge is -2.09. The number of benzene rings is 3. The van der Waals surface area contributed by atoms with Gasteiger partial charge in [0.05, 0.1) is 12.7 Å². The summed E-state index contributed by atoms with van der Waals surface area (Å²) >= 11 is 0. The zero-order valence-electron chi connectivity index (χ0n) is 14.0. The lowest BCUT2D eigenvalue weighted by atomic mass is 10.0. The molecule has 126 valence electrons. The fourth-order valence-corrected chi connectivity index (χ4v) is 2.41. The van der Waals surface area contributed by atoms with Gasteiger partial charge >= 0.3 is 0 Å². The summed E-state index contributed by atoms with van der Waals surface area (Å²) in [7, 11) is 1.56. The van der Waals surface area contributed by atoms with Crippen LogP contribution in [0.25, 0.3) is 0 Å². The lowest BCUT2D eigenvalue weighted by Crippen LogP contribution is -2.01. The second-order valence-corrected chi connectivity index (χ2v) is 5.65. The van der Waals surface area contributed by atoms with Crippen LogP contribution in [0.1, 0.15) is 21.5 Å². The highest BCUT2D eigenvalue weighted by molar-refractivity contribution is 6.10. The molecule has 1 N–H and O–H groups in total. The molecule has 0 saturated carbocycles. The summed E-state index contributed by atoms with van der Waals surface area (Å²) in [5, 5.41) is 10.2. The van der Waals surface area contributed by atoms with E-state index in [4.69, 9.17) is 9.47 Å². The van der Waals surface area contributed by atoms with Crippen molar-refractivity contribution in [2.45, 2.75) is 6.92 Å². The van der Waals surface area contributed by atoms with E-state index in [0.717, 1.165) is 5.56 Å². The van der Waals surface area contributed by atoms with Gasteiger partial charge in [0.2, 0.25) is 0 Å². The van der Waals surface area contributed by atoms with E-state index in [0.29, 0.717) is 22.8 Å². The van der Waals surface area contributed by atoms with Crippen molar-refractivity contribution in [3.8, 4) is 23.0 Å². The number of aromatic hydroxyl groups is 1. The summed E-state index contributed by atoms with van der Waals surface area (Å²) < 4.78 is 10.8. The van der Waals surface area contributed by atoms with Gasteiger partial charge in [0, 0.05) is 11.6 Å². The van der Waals surface area contributed by atoms with Gasteiger partial charge in [-0.25, -0.2) is 0 Å². The van der Waals surface area contributed by atoms with E-state index < -0.39 is 0 Å². The molecule has 4 nitrogen and oxygen atoms in total. The third-order valence-electron chi connectivity index (χ3n) is 3.82. The van der Waals surface area contributed by atoms with Crippen molar-refractivity contribution in [3.63, 3.8) is 0 Å². The average Bonchev–Trinajstić information content (AvgIpc) is 2.63. The molecule has 3 rings (SSSR count). The molecule has 0 aromatic heterocycles. The van der Waals surface area contributed by atoms with E-state index in [2.05, 4.69) is 0 Å². The molecule has 3 aromatic carbocycles. The fourth-order valence-electron chi connectivity index (χ4n) is 2.41. The molecule has 4 heteroatoms. The summed E-state index contributed by atoms with van der Waals surface area (Å²) in [4.78, 5) is 12.5. The first-order valence-corrected chi connectivity index (χ1v) is 7.83. The van der Waals surface area contributed by atoms with Crippen molar-refractivity contribution in [1.82, 2.24) is 0 Å². The van der Waals surface area contributed by atoms with Crippen LogP contribution >= 0.6 is 0 Å². The number of hydrogen-bond donors (Lipinski definition) is 1. The highest BCUT2D eigenvalue weighted by Gasteiger charge is 2.14. The van der Waals surface area contributed by atoms with Crippen LogP contribution in [0.3, 0.4) is 0 Å². The summed E-state index contributed by atoms with van der Waals surface area (Å²) in [6.07, 6.45) is 0. The molecule has 0 atom stereocenters. The zero-order valence-corrected chi connectivity index (χ0v) is 14.0. The maximum absolute atomic E-state index is 12.5. The molecular weight excluding hydrogens is 316 g/mol. The number of carbonyl (C=O) groups is 1. The Morgan fingerprint density at radius 2 is 1.44 bits per heavy atom. The molecule has 3 aromatic rings. The second kappa shape index (κ2) is 7.09.